The number of benzene rings is 2. The molecule has 0 saturated heterocycles. The lowest BCUT2D eigenvalue weighted by molar-refractivity contribution is -0.388. The minimum Gasteiger partial charge on any atom is -0.482 e. The second-order valence-electron chi connectivity index (χ2n) is 3.66. The SMILES string of the molecule is O=[N+]([O-])c1c(S)cccc1OCc1ccccc1. The number of nitrogens with zero attached hydrogens (tertiary/aromatic N) is 1. The minimum absolute atomic E-state index is 0.100. The van der Waals surface area contributed by atoms with Crippen molar-refractivity contribution in [2.24, 2.45) is 0 Å². The lowest BCUT2D eigenvalue weighted by Gasteiger charge is -2.07. The molecule has 18 heavy (non-hydrogen) atoms. The highest BCUT2D eigenvalue weighted by molar-refractivity contribution is 7.80. The first-order chi connectivity index (χ1) is 8.68. The quantitative estimate of drug-likeness (QED) is 0.521. The molecule has 0 spiro atoms. The molecule has 92 valence electrons. The van der Waals surface area contributed by atoms with Gasteiger partial charge in [-0.05, 0) is 17.7 Å². The lowest BCUT2D eigenvalue weighted by Crippen LogP contribution is -1.99. The molecule has 0 fully saturated rings. The third kappa shape index (κ3) is 2.81. The first kappa shape index (κ1) is 12.4. The average Bonchev–Trinajstić information content (AvgIpc) is 2.37. The second-order valence-corrected chi connectivity index (χ2v) is 4.14. The van der Waals surface area contributed by atoms with Gasteiger partial charge >= 0.3 is 5.69 Å². The molecular weight excluding hydrogens is 250 g/mol. The molecule has 0 saturated carbocycles. The molecule has 0 N–H and O–H groups in total. The number of rotatable bonds is 4. The fraction of sp³-hybridized carbons (Fsp3) is 0.0769. The van der Waals surface area contributed by atoms with Crippen molar-refractivity contribution in [2.75, 3.05) is 0 Å². The lowest BCUT2D eigenvalue weighted by atomic mass is 10.2. The van der Waals surface area contributed by atoms with E-state index in [4.69, 9.17) is 4.74 Å². The molecular formula is C13H11NO3S. The Bertz CT molecular complexity index is 557. The molecule has 0 atom stereocenters. The van der Waals surface area contributed by atoms with Crippen LogP contribution in [-0.2, 0) is 6.61 Å². The first-order valence-corrected chi connectivity index (χ1v) is 5.76. The molecule has 0 bridgehead atoms. The molecule has 0 radical (unpaired) electrons. The van der Waals surface area contributed by atoms with Gasteiger partial charge in [-0.25, -0.2) is 0 Å². The zero-order valence-electron chi connectivity index (χ0n) is 9.45. The van der Waals surface area contributed by atoms with E-state index in [1.807, 2.05) is 30.3 Å². The summed E-state index contributed by atoms with van der Waals surface area (Å²) in [5, 5.41) is 10.9. The molecule has 4 nitrogen and oxygen atoms in total. The summed E-state index contributed by atoms with van der Waals surface area (Å²) in [6.45, 7) is 0.291. The van der Waals surface area contributed by atoms with E-state index < -0.39 is 4.92 Å². The normalized spacial score (nSPS) is 10.1. The topological polar surface area (TPSA) is 52.4 Å². The molecule has 2 rings (SSSR count). The van der Waals surface area contributed by atoms with Crippen LogP contribution >= 0.6 is 12.6 Å². The Morgan fingerprint density at radius 3 is 2.50 bits per heavy atom. The van der Waals surface area contributed by atoms with Gasteiger partial charge in [0.2, 0.25) is 0 Å². The van der Waals surface area contributed by atoms with Gasteiger partial charge in [-0.15, -0.1) is 12.6 Å². The summed E-state index contributed by atoms with van der Waals surface area (Å²) in [5.74, 6) is 0.233. The van der Waals surface area contributed by atoms with Crippen LogP contribution in [0.3, 0.4) is 0 Å². The van der Waals surface area contributed by atoms with E-state index in [1.54, 1.807) is 18.2 Å². The van der Waals surface area contributed by atoms with Crippen molar-refractivity contribution in [2.45, 2.75) is 11.5 Å². The van der Waals surface area contributed by atoms with Gasteiger partial charge < -0.3 is 4.74 Å². The summed E-state index contributed by atoms with van der Waals surface area (Å²) in [5.41, 5.74) is 0.855. The van der Waals surface area contributed by atoms with E-state index in [1.165, 1.54) is 0 Å². The smallest absolute Gasteiger partial charge is 0.324 e. The number of ether oxygens (including phenoxy) is 1. The molecule has 2 aromatic carbocycles. The molecule has 0 unspecified atom stereocenters. The summed E-state index contributed by atoms with van der Waals surface area (Å²) in [4.78, 5) is 10.7. The first-order valence-electron chi connectivity index (χ1n) is 5.31. The number of nitro groups is 1. The summed E-state index contributed by atoms with van der Waals surface area (Å²) in [7, 11) is 0. The number of hydrogen-bond acceptors (Lipinski definition) is 4. The van der Waals surface area contributed by atoms with Crippen molar-refractivity contribution in [1.29, 1.82) is 0 Å². The molecule has 0 aromatic heterocycles. The number of thiol groups is 1. The van der Waals surface area contributed by atoms with Crippen LogP contribution in [-0.4, -0.2) is 4.92 Å². The van der Waals surface area contributed by atoms with Crippen molar-refractivity contribution in [1.82, 2.24) is 0 Å². The van der Waals surface area contributed by atoms with Crippen LogP contribution in [0, 0.1) is 10.1 Å². The van der Waals surface area contributed by atoms with Gasteiger partial charge in [-0.1, -0.05) is 36.4 Å². The van der Waals surface area contributed by atoms with E-state index >= 15 is 0 Å². The van der Waals surface area contributed by atoms with E-state index in [2.05, 4.69) is 12.6 Å². The second kappa shape index (κ2) is 5.55. The Morgan fingerprint density at radius 1 is 1.11 bits per heavy atom. The van der Waals surface area contributed by atoms with Gasteiger partial charge in [0, 0.05) is 0 Å². The number of hydrogen-bond donors (Lipinski definition) is 1. The number of nitro benzene ring substituents is 1. The van der Waals surface area contributed by atoms with Crippen LogP contribution in [0.15, 0.2) is 53.4 Å². The molecule has 2 aromatic rings. The van der Waals surface area contributed by atoms with Crippen molar-refractivity contribution < 1.29 is 9.66 Å². The summed E-state index contributed by atoms with van der Waals surface area (Å²) < 4.78 is 5.47. The fourth-order valence-electron chi connectivity index (χ4n) is 1.55. The maximum absolute atomic E-state index is 10.9. The van der Waals surface area contributed by atoms with Crippen molar-refractivity contribution in [3.63, 3.8) is 0 Å². The molecule has 0 aliphatic heterocycles. The fourth-order valence-corrected chi connectivity index (χ4v) is 1.82. The van der Waals surface area contributed by atoms with Crippen LogP contribution in [0.4, 0.5) is 5.69 Å². The standard InChI is InChI=1S/C13H11NO3S/c15-14(16)13-11(7-4-8-12(13)18)17-9-10-5-2-1-3-6-10/h1-8,18H,9H2. The average molecular weight is 261 g/mol. The Hall–Kier alpha value is -2.01. The van der Waals surface area contributed by atoms with Gasteiger partial charge in [0.1, 0.15) is 6.61 Å². The highest BCUT2D eigenvalue weighted by Crippen LogP contribution is 2.33. The third-order valence-corrected chi connectivity index (χ3v) is 2.76. The highest BCUT2D eigenvalue weighted by atomic mass is 32.1. The monoisotopic (exact) mass is 261 g/mol. The van der Waals surface area contributed by atoms with E-state index in [0.717, 1.165) is 5.56 Å². The summed E-state index contributed by atoms with van der Waals surface area (Å²) in [6.07, 6.45) is 0. The van der Waals surface area contributed by atoms with Crippen molar-refractivity contribution >= 4 is 18.3 Å². The Kier molecular flexibility index (Phi) is 3.84. The Labute approximate surface area is 110 Å². The minimum atomic E-state index is -0.483. The van der Waals surface area contributed by atoms with Crippen LogP contribution in [0.5, 0.6) is 5.75 Å². The predicted molar refractivity (Wildman–Crippen MR) is 71.1 cm³/mol. The van der Waals surface area contributed by atoms with Crippen molar-refractivity contribution in [3.8, 4) is 5.75 Å². The molecule has 0 amide bonds. The van der Waals surface area contributed by atoms with E-state index in [-0.39, 0.29) is 11.4 Å². The largest absolute Gasteiger partial charge is 0.482 e. The third-order valence-electron chi connectivity index (χ3n) is 2.40. The molecule has 0 heterocycles. The van der Waals surface area contributed by atoms with Crippen LogP contribution in [0.1, 0.15) is 5.56 Å². The maximum atomic E-state index is 10.9. The van der Waals surface area contributed by atoms with Gasteiger partial charge in [0.15, 0.2) is 5.75 Å². The Morgan fingerprint density at radius 2 is 1.83 bits per heavy atom. The van der Waals surface area contributed by atoms with Crippen LogP contribution in [0.2, 0.25) is 0 Å². The van der Waals surface area contributed by atoms with E-state index in [0.29, 0.717) is 11.5 Å². The van der Waals surface area contributed by atoms with Gasteiger partial charge in [-0.2, -0.15) is 0 Å². The van der Waals surface area contributed by atoms with Crippen LogP contribution < -0.4 is 4.74 Å². The summed E-state index contributed by atoms with van der Waals surface area (Å²) in [6, 6.07) is 14.3. The number of para-hydroxylation sites is 1. The predicted octanol–water partition coefficient (Wildman–Crippen LogP) is 3.46. The molecule has 0 aliphatic rings. The van der Waals surface area contributed by atoms with E-state index in [9.17, 15) is 10.1 Å². The Balaban J connectivity index is 2.20. The zero-order valence-corrected chi connectivity index (χ0v) is 10.3. The van der Waals surface area contributed by atoms with Crippen molar-refractivity contribution in [3.05, 3.63) is 64.2 Å². The zero-order chi connectivity index (χ0) is 13.0. The van der Waals surface area contributed by atoms with Gasteiger partial charge in [0.25, 0.3) is 0 Å². The molecule has 5 heteroatoms. The molecule has 0 aliphatic carbocycles. The van der Waals surface area contributed by atoms with Crippen LogP contribution in [0.25, 0.3) is 0 Å². The summed E-state index contributed by atoms with van der Waals surface area (Å²) >= 11 is 4.07. The van der Waals surface area contributed by atoms with Gasteiger partial charge in [-0.3, -0.25) is 10.1 Å². The van der Waals surface area contributed by atoms with Gasteiger partial charge in [0.05, 0.1) is 9.82 Å². The maximum Gasteiger partial charge on any atom is 0.324 e. The highest BCUT2D eigenvalue weighted by Gasteiger charge is 2.18.